The van der Waals surface area contributed by atoms with Crippen molar-refractivity contribution in [2.24, 2.45) is 5.84 Å². The number of aromatic nitrogens is 2. The van der Waals surface area contributed by atoms with E-state index in [0.717, 1.165) is 43.8 Å². The molecule has 0 aliphatic rings. The predicted molar refractivity (Wildman–Crippen MR) is 68.8 cm³/mol. The Balaban J connectivity index is 2.52. The summed E-state index contributed by atoms with van der Waals surface area (Å²) in [5, 5.41) is 3.30. The van der Waals surface area contributed by atoms with Gasteiger partial charge in [0.05, 0.1) is 0 Å². The van der Waals surface area contributed by atoms with Gasteiger partial charge in [-0.2, -0.15) is 0 Å². The van der Waals surface area contributed by atoms with E-state index in [2.05, 4.69) is 27.6 Å². The van der Waals surface area contributed by atoms with Gasteiger partial charge in [0.1, 0.15) is 18.0 Å². The van der Waals surface area contributed by atoms with Gasteiger partial charge < -0.3 is 15.5 Å². The summed E-state index contributed by atoms with van der Waals surface area (Å²) in [6.07, 6.45) is 4.43. The third-order valence-electron chi connectivity index (χ3n) is 2.50. The zero-order valence-electron chi connectivity index (χ0n) is 10.5. The lowest BCUT2D eigenvalue weighted by atomic mass is 10.2. The van der Waals surface area contributed by atoms with E-state index >= 15 is 0 Å². The van der Waals surface area contributed by atoms with E-state index in [0.29, 0.717) is 5.82 Å². The summed E-state index contributed by atoms with van der Waals surface area (Å²) in [6, 6.07) is 0. The van der Waals surface area contributed by atoms with Crippen LogP contribution < -0.4 is 16.6 Å². The van der Waals surface area contributed by atoms with Crippen molar-refractivity contribution >= 4 is 11.6 Å². The third-order valence-corrected chi connectivity index (χ3v) is 2.50. The number of hydrazine groups is 1. The van der Waals surface area contributed by atoms with E-state index < -0.39 is 0 Å². The van der Waals surface area contributed by atoms with E-state index in [4.69, 9.17) is 10.6 Å². The number of methoxy groups -OCH3 is 1. The molecule has 0 bridgehead atoms. The largest absolute Gasteiger partial charge is 0.385 e. The molecule has 96 valence electrons. The van der Waals surface area contributed by atoms with Crippen LogP contribution in [0.5, 0.6) is 0 Å². The normalized spacial score (nSPS) is 10.3. The SMILES string of the molecule is CCc1c(NN)ncnc1NCCCCOC. The second-order valence-electron chi connectivity index (χ2n) is 3.67. The van der Waals surface area contributed by atoms with Gasteiger partial charge in [-0.25, -0.2) is 15.8 Å². The van der Waals surface area contributed by atoms with Crippen LogP contribution in [0.25, 0.3) is 0 Å². The molecule has 1 aromatic heterocycles. The minimum atomic E-state index is 0.682. The molecule has 0 aromatic carbocycles. The topological polar surface area (TPSA) is 85.1 Å². The zero-order valence-corrected chi connectivity index (χ0v) is 10.5. The molecule has 4 N–H and O–H groups in total. The van der Waals surface area contributed by atoms with E-state index in [1.54, 1.807) is 7.11 Å². The van der Waals surface area contributed by atoms with Gasteiger partial charge in [0, 0.05) is 25.8 Å². The highest BCUT2D eigenvalue weighted by molar-refractivity contribution is 5.56. The van der Waals surface area contributed by atoms with Crippen LogP contribution in [0, 0.1) is 0 Å². The fraction of sp³-hybridized carbons (Fsp3) is 0.636. The fourth-order valence-corrected chi connectivity index (χ4v) is 1.60. The Hall–Kier alpha value is -1.40. The van der Waals surface area contributed by atoms with Gasteiger partial charge in [-0.3, -0.25) is 0 Å². The van der Waals surface area contributed by atoms with Crippen molar-refractivity contribution in [3.8, 4) is 0 Å². The molecule has 0 saturated heterocycles. The molecule has 0 saturated carbocycles. The number of anilines is 2. The van der Waals surface area contributed by atoms with Crippen LogP contribution in [-0.2, 0) is 11.2 Å². The van der Waals surface area contributed by atoms with Crippen LogP contribution in [0.4, 0.5) is 11.6 Å². The van der Waals surface area contributed by atoms with Crippen molar-refractivity contribution in [2.45, 2.75) is 26.2 Å². The molecule has 1 heterocycles. The van der Waals surface area contributed by atoms with Crippen molar-refractivity contribution < 1.29 is 4.74 Å². The predicted octanol–water partition coefficient (Wildman–Crippen LogP) is 1.16. The van der Waals surface area contributed by atoms with Gasteiger partial charge in [0.2, 0.25) is 0 Å². The van der Waals surface area contributed by atoms with Gasteiger partial charge in [-0.1, -0.05) is 6.92 Å². The number of hydrogen-bond acceptors (Lipinski definition) is 6. The first-order chi connectivity index (χ1) is 8.33. The van der Waals surface area contributed by atoms with Gasteiger partial charge in [0.15, 0.2) is 0 Å². The molecule has 0 aliphatic heterocycles. The molecule has 0 spiro atoms. The van der Waals surface area contributed by atoms with Gasteiger partial charge in [-0.05, 0) is 19.3 Å². The highest BCUT2D eigenvalue weighted by Crippen LogP contribution is 2.19. The molecule has 0 amide bonds. The minimum Gasteiger partial charge on any atom is -0.385 e. The molecule has 0 radical (unpaired) electrons. The quantitative estimate of drug-likeness (QED) is 0.358. The lowest BCUT2D eigenvalue weighted by molar-refractivity contribution is 0.194. The Morgan fingerprint density at radius 1 is 1.29 bits per heavy atom. The summed E-state index contributed by atoms with van der Waals surface area (Å²) in [6.45, 7) is 3.72. The molecule has 0 atom stereocenters. The lowest BCUT2D eigenvalue weighted by Crippen LogP contribution is -2.14. The summed E-state index contributed by atoms with van der Waals surface area (Å²) in [4.78, 5) is 8.31. The first-order valence-corrected chi connectivity index (χ1v) is 5.86. The molecule has 1 rings (SSSR count). The zero-order chi connectivity index (χ0) is 12.5. The molecule has 1 aromatic rings. The molecular weight excluding hydrogens is 218 g/mol. The highest BCUT2D eigenvalue weighted by atomic mass is 16.5. The van der Waals surface area contributed by atoms with Gasteiger partial charge in [0.25, 0.3) is 0 Å². The first-order valence-electron chi connectivity index (χ1n) is 5.86. The van der Waals surface area contributed by atoms with Crippen molar-refractivity contribution in [1.29, 1.82) is 0 Å². The third kappa shape index (κ3) is 4.16. The number of ether oxygens (including phenoxy) is 1. The molecule has 0 unspecified atom stereocenters. The van der Waals surface area contributed by atoms with Crippen LogP contribution >= 0.6 is 0 Å². The van der Waals surface area contributed by atoms with E-state index in [1.807, 2.05) is 0 Å². The van der Waals surface area contributed by atoms with Crippen LogP contribution in [0.15, 0.2) is 6.33 Å². The highest BCUT2D eigenvalue weighted by Gasteiger charge is 2.07. The van der Waals surface area contributed by atoms with E-state index in [-0.39, 0.29) is 0 Å². The number of unbranched alkanes of at least 4 members (excludes halogenated alkanes) is 1. The standard InChI is InChI=1S/C11H21N5O/c1-3-9-10(13-6-4-5-7-17-2)14-8-15-11(9)16-12/h8H,3-7,12H2,1-2H3,(H2,13,14,15,16). The number of nitrogens with two attached hydrogens (primary N) is 1. The maximum Gasteiger partial charge on any atom is 0.148 e. The smallest absolute Gasteiger partial charge is 0.148 e. The van der Waals surface area contributed by atoms with Crippen molar-refractivity contribution in [3.05, 3.63) is 11.9 Å². The van der Waals surface area contributed by atoms with Crippen LogP contribution in [0.1, 0.15) is 25.3 Å². The second-order valence-corrected chi connectivity index (χ2v) is 3.67. The Bertz CT molecular complexity index is 332. The summed E-state index contributed by atoms with van der Waals surface area (Å²) < 4.78 is 5.00. The van der Waals surface area contributed by atoms with Crippen LogP contribution in [-0.4, -0.2) is 30.2 Å². The van der Waals surface area contributed by atoms with Crippen molar-refractivity contribution in [1.82, 2.24) is 9.97 Å². The summed E-state index contributed by atoms with van der Waals surface area (Å²) in [5.41, 5.74) is 3.60. The maximum atomic E-state index is 5.40. The Labute approximate surface area is 102 Å². The number of nitrogens with zero attached hydrogens (tertiary/aromatic N) is 2. The average Bonchev–Trinajstić information content (AvgIpc) is 2.38. The first kappa shape index (κ1) is 13.7. The van der Waals surface area contributed by atoms with Gasteiger partial charge >= 0.3 is 0 Å². The van der Waals surface area contributed by atoms with Crippen LogP contribution in [0.3, 0.4) is 0 Å². The number of hydrogen-bond donors (Lipinski definition) is 3. The number of nitrogen functional groups attached to an aromatic ring is 1. The van der Waals surface area contributed by atoms with E-state index in [1.165, 1.54) is 6.33 Å². The monoisotopic (exact) mass is 239 g/mol. The Morgan fingerprint density at radius 3 is 2.71 bits per heavy atom. The number of rotatable bonds is 8. The molecular formula is C11H21N5O. The number of nitrogens with one attached hydrogen (secondary N) is 2. The fourth-order valence-electron chi connectivity index (χ4n) is 1.60. The Morgan fingerprint density at radius 2 is 2.06 bits per heavy atom. The Kier molecular flexibility index (Phi) is 6.27. The molecule has 0 fully saturated rings. The lowest BCUT2D eigenvalue weighted by Gasteiger charge is -2.12. The molecule has 6 nitrogen and oxygen atoms in total. The molecule has 6 heteroatoms. The maximum absolute atomic E-state index is 5.40. The second kappa shape index (κ2) is 7.81. The minimum absolute atomic E-state index is 0.682. The summed E-state index contributed by atoms with van der Waals surface area (Å²) >= 11 is 0. The van der Waals surface area contributed by atoms with Gasteiger partial charge in [-0.15, -0.1) is 0 Å². The summed E-state index contributed by atoms with van der Waals surface area (Å²) in [7, 11) is 1.71. The van der Waals surface area contributed by atoms with Crippen molar-refractivity contribution in [2.75, 3.05) is 31.0 Å². The average molecular weight is 239 g/mol. The molecule has 0 aliphatic carbocycles. The van der Waals surface area contributed by atoms with Crippen molar-refractivity contribution in [3.63, 3.8) is 0 Å². The van der Waals surface area contributed by atoms with E-state index in [9.17, 15) is 0 Å². The summed E-state index contributed by atoms with van der Waals surface area (Å²) in [5.74, 6) is 6.94. The van der Waals surface area contributed by atoms with Crippen LogP contribution in [0.2, 0.25) is 0 Å². The molecule has 17 heavy (non-hydrogen) atoms.